The van der Waals surface area contributed by atoms with Gasteiger partial charge < -0.3 is 21.1 Å². The number of pyridine rings is 1. The monoisotopic (exact) mass is 390 g/mol. The second-order valence-electron chi connectivity index (χ2n) is 6.74. The molecule has 2 aromatic rings. The number of aryl methyl sites for hydroxylation is 1. The minimum absolute atomic E-state index is 0.00764. The number of halogens is 1. The van der Waals surface area contributed by atoms with E-state index in [4.69, 9.17) is 27.8 Å². The Bertz CT molecular complexity index is 889. The van der Waals surface area contributed by atoms with Crippen molar-refractivity contribution in [1.29, 1.82) is 0 Å². The Morgan fingerprint density at radius 2 is 2.15 bits per heavy atom. The third-order valence-corrected chi connectivity index (χ3v) is 5.16. The van der Waals surface area contributed by atoms with E-state index in [9.17, 15) is 4.79 Å². The Morgan fingerprint density at radius 3 is 2.81 bits per heavy atom. The second-order valence-corrected chi connectivity index (χ2v) is 7.10. The quantitative estimate of drug-likeness (QED) is 0.724. The maximum atomic E-state index is 11.2. The van der Waals surface area contributed by atoms with Crippen LogP contribution in [0, 0.1) is 13.8 Å². The minimum Gasteiger partial charge on any atom is -0.496 e. The van der Waals surface area contributed by atoms with Crippen molar-refractivity contribution in [3.05, 3.63) is 33.7 Å². The predicted molar refractivity (Wildman–Crippen MR) is 104 cm³/mol. The van der Waals surface area contributed by atoms with Crippen LogP contribution < -0.4 is 21.1 Å². The number of methoxy groups -OCH3 is 1. The van der Waals surface area contributed by atoms with E-state index in [1.165, 1.54) is 0 Å². The van der Waals surface area contributed by atoms with E-state index in [1.54, 1.807) is 13.3 Å². The number of nitrogens with zero attached hydrogens (tertiary/aromatic N) is 4. The Labute approximate surface area is 162 Å². The summed E-state index contributed by atoms with van der Waals surface area (Å²) in [6.45, 7) is 5.10. The molecule has 3 rings (SSSR count). The number of rotatable bonds is 6. The average Bonchev–Trinajstić information content (AvgIpc) is 2.94. The van der Waals surface area contributed by atoms with Crippen molar-refractivity contribution in [2.75, 3.05) is 24.3 Å². The first kappa shape index (κ1) is 19.2. The van der Waals surface area contributed by atoms with E-state index in [0.29, 0.717) is 30.5 Å². The summed E-state index contributed by atoms with van der Waals surface area (Å²) >= 11 is 6.34. The molecule has 0 spiro atoms. The van der Waals surface area contributed by atoms with Gasteiger partial charge in [-0.2, -0.15) is 4.98 Å². The summed E-state index contributed by atoms with van der Waals surface area (Å²) in [4.78, 5) is 26.3. The van der Waals surface area contributed by atoms with Gasteiger partial charge in [-0.25, -0.2) is 4.98 Å². The van der Waals surface area contributed by atoms with Crippen molar-refractivity contribution in [2.24, 2.45) is 5.73 Å². The van der Waals surface area contributed by atoms with Crippen molar-refractivity contribution in [1.82, 2.24) is 15.0 Å². The zero-order valence-corrected chi connectivity index (χ0v) is 16.4. The van der Waals surface area contributed by atoms with Crippen LogP contribution in [-0.4, -0.2) is 34.5 Å². The lowest BCUT2D eigenvalue weighted by molar-refractivity contribution is -0.118. The Kier molecular flexibility index (Phi) is 5.36. The van der Waals surface area contributed by atoms with Crippen LogP contribution in [0.1, 0.15) is 41.1 Å². The summed E-state index contributed by atoms with van der Waals surface area (Å²) in [7, 11) is 1.65. The van der Waals surface area contributed by atoms with E-state index in [1.807, 2.05) is 13.8 Å². The van der Waals surface area contributed by atoms with Crippen molar-refractivity contribution in [3.8, 4) is 5.75 Å². The third-order valence-electron chi connectivity index (χ3n) is 4.87. The Hall–Kier alpha value is -2.61. The number of ether oxygens (including phenoxy) is 1. The van der Waals surface area contributed by atoms with Crippen molar-refractivity contribution < 1.29 is 9.53 Å². The van der Waals surface area contributed by atoms with Crippen LogP contribution in [0.4, 0.5) is 11.8 Å². The van der Waals surface area contributed by atoms with Gasteiger partial charge in [-0.3, -0.25) is 9.78 Å². The number of primary amides is 1. The molecule has 1 aliphatic rings. The van der Waals surface area contributed by atoms with E-state index in [0.717, 1.165) is 28.1 Å². The fourth-order valence-electron chi connectivity index (χ4n) is 3.59. The normalized spacial score (nSPS) is 15.7. The number of nitrogen functional groups attached to an aromatic ring is 1. The summed E-state index contributed by atoms with van der Waals surface area (Å²) < 4.78 is 5.50. The molecule has 0 fully saturated rings. The van der Waals surface area contributed by atoms with Crippen molar-refractivity contribution in [2.45, 2.75) is 39.2 Å². The van der Waals surface area contributed by atoms with Crippen molar-refractivity contribution >= 4 is 29.3 Å². The van der Waals surface area contributed by atoms with E-state index >= 15 is 0 Å². The maximum absolute atomic E-state index is 11.2. The molecule has 1 aliphatic heterocycles. The molecule has 144 valence electrons. The summed E-state index contributed by atoms with van der Waals surface area (Å²) in [6.07, 6.45) is 2.65. The van der Waals surface area contributed by atoms with Gasteiger partial charge >= 0.3 is 0 Å². The molecular weight excluding hydrogens is 368 g/mol. The van der Waals surface area contributed by atoms with Gasteiger partial charge in [-0.15, -0.1) is 0 Å². The van der Waals surface area contributed by atoms with Gasteiger partial charge in [-0.1, -0.05) is 11.6 Å². The first-order chi connectivity index (χ1) is 12.8. The first-order valence-corrected chi connectivity index (χ1v) is 9.04. The molecule has 8 nitrogen and oxygen atoms in total. The molecule has 0 radical (unpaired) electrons. The number of hydrogen-bond donors (Lipinski definition) is 2. The number of amides is 1. The smallest absolute Gasteiger partial charge is 0.223 e. The van der Waals surface area contributed by atoms with Gasteiger partial charge in [0, 0.05) is 41.8 Å². The molecule has 0 aliphatic carbocycles. The Morgan fingerprint density at radius 1 is 1.41 bits per heavy atom. The van der Waals surface area contributed by atoms with E-state index < -0.39 is 0 Å². The number of carbonyl (C=O) groups excluding carboxylic acids is 1. The molecule has 4 N–H and O–H groups in total. The number of anilines is 2. The largest absolute Gasteiger partial charge is 0.496 e. The second kappa shape index (κ2) is 7.56. The van der Waals surface area contributed by atoms with E-state index in [-0.39, 0.29) is 24.2 Å². The van der Waals surface area contributed by atoms with E-state index in [2.05, 4.69) is 19.9 Å². The van der Waals surface area contributed by atoms with Gasteiger partial charge in [0.25, 0.3) is 0 Å². The lowest BCUT2D eigenvalue weighted by Gasteiger charge is -2.21. The number of fused-ring (bicyclic) bond motifs is 1. The molecule has 2 aromatic heterocycles. The van der Waals surface area contributed by atoms with Gasteiger partial charge in [-0.05, 0) is 20.3 Å². The predicted octanol–water partition coefficient (Wildman–Crippen LogP) is 2.10. The van der Waals surface area contributed by atoms with Crippen LogP contribution in [0.15, 0.2) is 6.20 Å². The van der Waals surface area contributed by atoms with Crippen molar-refractivity contribution in [3.63, 3.8) is 0 Å². The standard InChI is InChI=1S/C18H23ClN6O2/c1-9-6-22-12(10(2)15(9)27-3)8-25-7-11(4-5-13(20)26)14-16(19)23-18(21)24-17(14)25/h6,11H,4-5,7-8H2,1-3H3,(H2,20,26)(H2,21,23,24). The van der Waals surface area contributed by atoms with Crippen LogP contribution >= 0.6 is 11.6 Å². The molecule has 1 unspecified atom stereocenters. The summed E-state index contributed by atoms with van der Waals surface area (Å²) in [5.74, 6) is 1.29. The molecule has 1 atom stereocenters. The van der Waals surface area contributed by atoms with Crippen LogP contribution in [0.25, 0.3) is 0 Å². The van der Waals surface area contributed by atoms with Gasteiger partial charge in [0.2, 0.25) is 11.9 Å². The molecule has 0 aromatic carbocycles. The fourth-order valence-corrected chi connectivity index (χ4v) is 3.91. The molecule has 0 saturated carbocycles. The number of aromatic nitrogens is 3. The zero-order valence-electron chi connectivity index (χ0n) is 15.6. The highest BCUT2D eigenvalue weighted by molar-refractivity contribution is 6.30. The van der Waals surface area contributed by atoms with Gasteiger partial charge in [0.1, 0.15) is 16.7 Å². The lowest BCUT2D eigenvalue weighted by atomic mass is 9.98. The molecule has 9 heteroatoms. The van der Waals surface area contributed by atoms with Crippen LogP contribution in [0.3, 0.4) is 0 Å². The molecular formula is C18H23ClN6O2. The SMILES string of the molecule is COc1c(C)cnc(CN2CC(CCC(N)=O)c3c(Cl)nc(N)nc32)c1C. The molecule has 27 heavy (non-hydrogen) atoms. The lowest BCUT2D eigenvalue weighted by Crippen LogP contribution is -2.24. The van der Waals surface area contributed by atoms with Crippen LogP contribution in [-0.2, 0) is 11.3 Å². The minimum atomic E-state index is -0.344. The van der Waals surface area contributed by atoms with Gasteiger partial charge in [0.05, 0.1) is 19.3 Å². The highest BCUT2D eigenvalue weighted by atomic mass is 35.5. The highest BCUT2D eigenvalue weighted by Gasteiger charge is 2.34. The number of nitrogens with two attached hydrogens (primary N) is 2. The number of carbonyl (C=O) groups is 1. The summed E-state index contributed by atoms with van der Waals surface area (Å²) in [5.41, 5.74) is 14.8. The third kappa shape index (κ3) is 3.75. The first-order valence-electron chi connectivity index (χ1n) is 8.67. The number of hydrogen-bond acceptors (Lipinski definition) is 7. The van der Waals surface area contributed by atoms with Gasteiger partial charge in [0.15, 0.2) is 0 Å². The molecule has 3 heterocycles. The highest BCUT2D eigenvalue weighted by Crippen LogP contribution is 2.42. The average molecular weight is 391 g/mol. The van der Waals surface area contributed by atoms with Crippen LogP contribution in [0.2, 0.25) is 5.15 Å². The Balaban J connectivity index is 1.95. The fraction of sp³-hybridized carbons (Fsp3) is 0.444. The maximum Gasteiger partial charge on any atom is 0.223 e. The summed E-state index contributed by atoms with van der Waals surface area (Å²) in [6, 6.07) is 0. The molecule has 1 amide bonds. The zero-order chi connectivity index (χ0) is 19.7. The molecule has 0 saturated heterocycles. The topological polar surface area (TPSA) is 120 Å². The molecule has 0 bridgehead atoms. The van der Waals surface area contributed by atoms with Crippen LogP contribution in [0.5, 0.6) is 5.75 Å². The summed E-state index contributed by atoms with van der Waals surface area (Å²) in [5, 5.41) is 0.320.